The van der Waals surface area contributed by atoms with Gasteiger partial charge in [0, 0.05) is 71.9 Å². The van der Waals surface area contributed by atoms with E-state index < -0.39 is 0 Å². The van der Waals surface area contributed by atoms with Crippen molar-refractivity contribution in [2.24, 2.45) is 0 Å². The maximum Gasteiger partial charge on any atom is 0.159 e. The summed E-state index contributed by atoms with van der Waals surface area (Å²) in [7, 11) is 0. The Kier molecular flexibility index (Phi) is 10.5. The van der Waals surface area contributed by atoms with Crippen molar-refractivity contribution in [3.05, 3.63) is 221 Å². The summed E-state index contributed by atoms with van der Waals surface area (Å²) in [6.07, 6.45) is 0. The molecule has 5 nitrogen and oxygen atoms in total. The summed E-state index contributed by atoms with van der Waals surface area (Å²) in [5.41, 5.74) is 20.3. The van der Waals surface area contributed by atoms with Crippen molar-refractivity contribution >= 4 is 111 Å². The molecule has 75 heavy (non-hydrogen) atoms. The summed E-state index contributed by atoms with van der Waals surface area (Å²) in [6, 6.07) is 69.5. The molecule has 3 aromatic heterocycles. The molecule has 0 saturated heterocycles. The first kappa shape index (κ1) is 46.3. The lowest BCUT2D eigenvalue weighted by Gasteiger charge is -2.26. The third-order valence-electron chi connectivity index (χ3n) is 15.4. The molecule has 5 heteroatoms. The largest absolute Gasteiger partial charge is 0.454 e. The van der Waals surface area contributed by atoms with Crippen LogP contribution in [0.4, 0.5) is 34.1 Å². The van der Waals surface area contributed by atoms with Crippen LogP contribution in [0.15, 0.2) is 197 Å². The summed E-state index contributed by atoms with van der Waals surface area (Å²) in [5, 5.41) is 9.17. The SMILES string of the molecule is Cc1ccc(N(c2ccc3cc4c5ccc(N(c6ccc(C)cc6)c6cccc7c6oc6c(C(C)(C)C)cccc67)cc5n(-c5cc(C)cc(C)c5)c4cc3c2)c2cccc3c2oc2c(C(C)(C)C)cccc23)cc1. The van der Waals surface area contributed by atoms with E-state index in [2.05, 4.69) is 272 Å². The number of aromatic nitrogens is 1. The number of hydrogen-bond donors (Lipinski definition) is 0. The van der Waals surface area contributed by atoms with E-state index in [9.17, 15) is 0 Å². The van der Waals surface area contributed by atoms with Gasteiger partial charge in [-0.25, -0.2) is 0 Å². The van der Waals surface area contributed by atoms with E-state index in [0.717, 1.165) is 100 Å². The average molecular weight is 976 g/mol. The molecule has 0 N–H and O–H groups in total. The second-order valence-electron chi connectivity index (χ2n) is 23.0. The Labute approximate surface area is 438 Å². The molecule has 368 valence electrons. The number of nitrogens with zero attached hydrogens (tertiary/aromatic N) is 3. The van der Waals surface area contributed by atoms with E-state index in [-0.39, 0.29) is 10.8 Å². The van der Waals surface area contributed by atoms with E-state index in [1.165, 1.54) is 49.5 Å². The van der Waals surface area contributed by atoms with Crippen LogP contribution >= 0.6 is 0 Å². The predicted octanol–water partition coefficient (Wildman–Crippen LogP) is 20.5. The second kappa shape index (κ2) is 17.0. The minimum absolute atomic E-state index is 0.0869. The van der Waals surface area contributed by atoms with Crippen LogP contribution in [0.2, 0.25) is 0 Å². The van der Waals surface area contributed by atoms with Crippen LogP contribution in [0.25, 0.3) is 82.1 Å². The molecule has 3 heterocycles. The van der Waals surface area contributed by atoms with Gasteiger partial charge in [0.05, 0.1) is 22.4 Å². The Morgan fingerprint density at radius 2 is 0.773 bits per heavy atom. The number of furan rings is 2. The first-order valence-corrected chi connectivity index (χ1v) is 26.3. The lowest BCUT2D eigenvalue weighted by Crippen LogP contribution is -2.11. The molecule has 10 aromatic carbocycles. The molecule has 13 rings (SSSR count). The van der Waals surface area contributed by atoms with Gasteiger partial charge in [0.2, 0.25) is 0 Å². The van der Waals surface area contributed by atoms with Gasteiger partial charge in [0.15, 0.2) is 11.2 Å². The van der Waals surface area contributed by atoms with Gasteiger partial charge in [0.1, 0.15) is 11.2 Å². The minimum atomic E-state index is -0.0928. The molecule has 0 aliphatic rings. The highest BCUT2D eigenvalue weighted by molar-refractivity contribution is 6.16. The predicted molar refractivity (Wildman–Crippen MR) is 319 cm³/mol. The van der Waals surface area contributed by atoms with Crippen molar-refractivity contribution in [2.45, 2.75) is 80.1 Å². The second-order valence-corrected chi connectivity index (χ2v) is 23.0. The molecule has 0 unspecified atom stereocenters. The van der Waals surface area contributed by atoms with Gasteiger partial charge >= 0.3 is 0 Å². The molecular formula is C70H61N3O2. The molecule has 0 radical (unpaired) electrons. The first-order chi connectivity index (χ1) is 36.1. The normalized spacial score (nSPS) is 12.4. The van der Waals surface area contributed by atoms with Gasteiger partial charge in [-0.05, 0) is 145 Å². The highest BCUT2D eigenvalue weighted by atomic mass is 16.3. The van der Waals surface area contributed by atoms with Crippen molar-refractivity contribution in [1.29, 1.82) is 0 Å². The van der Waals surface area contributed by atoms with E-state index in [1.54, 1.807) is 0 Å². The van der Waals surface area contributed by atoms with E-state index in [4.69, 9.17) is 8.83 Å². The summed E-state index contributed by atoms with van der Waals surface area (Å²) in [6.45, 7) is 22.2. The average Bonchev–Trinajstić information content (AvgIpc) is 4.06. The molecule has 0 atom stereocenters. The smallest absolute Gasteiger partial charge is 0.159 e. The lowest BCUT2D eigenvalue weighted by molar-refractivity contribution is 0.572. The molecule has 0 amide bonds. The maximum absolute atomic E-state index is 7.07. The zero-order valence-electron chi connectivity index (χ0n) is 44.6. The Bertz CT molecular complexity index is 4400. The number of rotatable bonds is 7. The zero-order valence-corrected chi connectivity index (χ0v) is 44.6. The van der Waals surface area contributed by atoms with Crippen LogP contribution < -0.4 is 9.80 Å². The fourth-order valence-corrected chi connectivity index (χ4v) is 11.8. The van der Waals surface area contributed by atoms with Crippen molar-refractivity contribution in [3.63, 3.8) is 0 Å². The monoisotopic (exact) mass is 975 g/mol. The number of para-hydroxylation sites is 4. The van der Waals surface area contributed by atoms with E-state index in [0.29, 0.717) is 0 Å². The fourth-order valence-electron chi connectivity index (χ4n) is 11.8. The van der Waals surface area contributed by atoms with Crippen molar-refractivity contribution in [3.8, 4) is 5.69 Å². The quantitative estimate of drug-likeness (QED) is 0.159. The lowest BCUT2D eigenvalue weighted by atomic mass is 9.86. The van der Waals surface area contributed by atoms with Crippen LogP contribution in [-0.2, 0) is 10.8 Å². The van der Waals surface area contributed by atoms with E-state index in [1.807, 2.05) is 0 Å². The molecule has 0 fully saturated rings. The van der Waals surface area contributed by atoms with Crippen LogP contribution in [-0.4, -0.2) is 4.57 Å². The highest BCUT2D eigenvalue weighted by Gasteiger charge is 2.27. The van der Waals surface area contributed by atoms with Crippen molar-refractivity contribution in [1.82, 2.24) is 4.57 Å². The summed E-state index contributed by atoms with van der Waals surface area (Å²) >= 11 is 0. The van der Waals surface area contributed by atoms with Gasteiger partial charge in [-0.3, -0.25) is 0 Å². The molecule has 0 bridgehead atoms. The summed E-state index contributed by atoms with van der Waals surface area (Å²) in [4.78, 5) is 4.74. The zero-order chi connectivity index (χ0) is 51.7. The number of benzene rings is 10. The van der Waals surface area contributed by atoms with Crippen LogP contribution in [0, 0.1) is 27.7 Å². The van der Waals surface area contributed by atoms with Crippen LogP contribution in [0.1, 0.15) is 74.9 Å². The first-order valence-electron chi connectivity index (χ1n) is 26.3. The summed E-state index contributed by atoms with van der Waals surface area (Å²) < 4.78 is 16.6. The highest BCUT2D eigenvalue weighted by Crippen LogP contribution is 2.48. The Morgan fingerprint density at radius 1 is 0.333 bits per heavy atom. The van der Waals surface area contributed by atoms with Crippen LogP contribution in [0.3, 0.4) is 0 Å². The number of hydrogen-bond acceptors (Lipinski definition) is 4. The maximum atomic E-state index is 7.07. The Morgan fingerprint density at radius 3 is 1.28 bits per heavy atom. The topological polar surface area (TPSA) is 37.7 Å². The van der Waals surface area contributed by atoms with Crippen molar-refractivity contribution < 1.29 is 8.83 Å². The molecule has 0 saturated carbocycles. The number of fused-ring (bicyclic) bond motifs is 10. The standard InChI is InChI=1S/C70H61N3O2/c1-42-23-28-48(29-24-42)71(61-21-13-17-56-54-15-11-19-59(69(5,6)7)65(54)74-67(56)61)50-32-27-46-39-58-53-34-33-51(41-64(53)73(63(58)40-47(46)38-50)52-36-44(3)35-45(4)37-52)72(49-30-25-43(2)26-31-49)62-22-14-18-57-55-16-12-20-60(70(8,9)10)66(55)75-68(57)62/h11-41H,1-10H3. The Balaban J connectivity index is 1.04. The van der Waals surface area contributed by atoms with Gasteiger partial charge in [0.25, 0.3) is 0 Å². The van der Waals surface area contributed by atoms with Gasteiger partial charge < -0.3 is 23.2 Å². The molecule has 0 aliphatic carbocycles. The van der Waals surface area contributed by atoms with Crippen molar-refractivity contribution in [2.75, 3.05) is 9.80 Å². The summed E-state index contributed by atoms with van der Waals surface area (Å²) in [5.74, 6) is 0. The molecule has 13 aromatic rings. The molecule has 0 aliphatic heterocycles. The van der Waals surface area contributed by atoms with Gasteiger partial charge in [-0.1, -0.05) is 156 Å². The van der Waals surface area contributed by atoms with E-state index >= 15 is 0 Å². The minimum Gasteiger partial charge on any atom is -0.454 e. The van der Waals surface area contributed by atoms with Gasteiger partial charge in [-0.2, -0.15) is 0 Å². The fraction of sp³-hybridized carbons (Fsp3) is 0.171. The van der Waals surface area contributed by atoms with Crippen LogP contribution in [0.5, 0.6) is 0 Å². The molecular weight excluding hydrogens is 915 g/mol. The molecule has 0 spiro atoms. The third kappa shape index (κ3) is 7.66. The Hall–Kier alpha value is -8.54. The number of anilines is 6. The van der Waals surface area contributed by atoms with Gasteiger partial charge in [-0.15, -0.1) is 0 Å². The number of aryl methyl sites for hydroxylation is 4. The third-order valence-corrected chi connectivity index (χ3v) is 15.4.